The minimum atomic E-state index is -0.562. The first-order chi connectivity index (χ1) is 14.9. The Bertz CT molecular complexity index is 1260. The van der Waals surface area contributed by atoms with Crippen LogP contribution in [0.5, 0.6) is 0 Å². The van der Waals surface area contributed by atoms with E-state index in [1.807, 2.05) is 0 Å². The molecule has 1 aromatic carbocycles. The molecule has 0 atom stereocenters. The van der Waals surface area contributed by atoms with E-state index in [-0.39, 0.29) is 29.2 Å². The summed E-state index contributed by atoms with van der Waals surface area (Å²) in [6.07, 6.45) is 4.74. The number of aromatic amines is 1. The fourth-order valence-electron chi connectivity index (χ4n) is 3.68. The van der Waals surface area contributed by atoms with Crippen molar-refractivity contribution in [3.05, 3.63) is 55.2 Å². The van der Waals surface area contributed by atoms with Gasteiger partial charge in [0.05, 0.1) is 20.9 Å². The van der Waals surface area contributed by atoms with Gasteiger partial charge in [-0.3, -0.25) is 29.3 Å². The van der Waals surface area contributed by atoms with E-state index in [0.717, 1.165) is 36.8 Å². The minimum Gasteiger partial charge on any atom is -0.311 e. The normalized spacial score (nSPS) is 14.6. The van der Waals surface area contributed by atoms with E-state index >= 15 is 0 Å². The summed E-state index contributed by atoms with van der Waals surface area (Å²) in [5.74, 6) is -0.149. The summed E-state index contributed by atoms with van der Waals surface area (Å²) in [6.45, 7) is 0. The summed E-state index contributed by atoms with van der Waals surface area (Å²) in [6, 6.07) is 5.62. The highest BCUT2D eigenvalue weighted by molar-refractivity contribution is 8.01. The lowest BCUT2D eigenvalue weighted by molar-refractivity contribution is -0.384. The summed E-state index contributed by atoms with van der Waals surface area (Å²) in [5, 5.41) is 13.6. The molecule has 0 bridgehead atoms. The molecule has 1 amide bonds. The number of fused-ring (bicyclic) bond motifs is 1. The predicted octanol–water partition coefficient (Wildman–Crippen LogP) is 3.29. The van der Waals surface area contributed by atoms with E-state index in [0.29, 0.717) is 9.86 Å². The number of hydrogen-bond donors (Lipinski definition) is 2. The molecule has 1 aliphatic carbocycles. The van der Waals surface area contributed by atoms with Gasteiger partial charge in [-0.25, -0.2) is 9.78 Å². The van der Waals surface area contributed by atoms with E-state index in [1.165, 1.54) is 45.9 Å². The first-order valence-corrected chi connectivity index (χ1v) is 11.5. The van der Waals surface area contributed by atoms with Crippen molar-refractivity contribution in [3.63, 3.8) is 0 Å². The standard InChI is InChI=1S/C19H19N5O5S2/c25-16-9-15(23(18(27)22-16)11-4-2-1-3-5-11)21-17(26)10-30-19-20-13-8-12(24(28)29)6-7-14(13)31-19/h6-9,11H,1-5,10H2,(H,21,26)(H,22,25,27). The number of nitro benzene ring substituents is 1. The predicted molar refractivity (Wildman–Crippen MR) is 119 cm³/mol. The van der Waals surface area contributed by atoms with E-state index in [1.54, 1.807) is 6.07 Å². The third-order valence-corrected chi connectivity index (χ3v) is 7.25. The molecule has 0 radical (unpaired) electrons. The average Bonchev–Trinajstić information content (AvgIpc) is 3.14. The fraction of sp³-hybridized carbons (Fsp3) is 0.368. The van der Waals surface area contributed by atoms with Crippen molar-refractivity contribution in [1.29, 1.82) is 0 Å². The number of amides is 1. The number of thiazole rings is 1. The van der Waals surface area contributed by atoms with Gasteiger partial charge in [0.1, 0.15) is 5.82 Å². The summed E-state index contributed by atoms with van der Waals surface area (Å²) in [4.78, 5) is 53.8. The van der Waals surface area contributed by atoms with Crippen LogP contribution in [-0.4, -0.2) is 31.1 Å². The lowest BCUT2D eigenvalue weighted by Gasteiger charge is -2.26. The molecule has 0 aliphatic heterocycles. The van der Waals surface area contributed by atoms with Gasteiger partial charge in [-0.2, -0.15) is 0 Å². The summed E-state index contributed by atoms with van der Waals surface area (Å²) < 4.78 is 2.86. The number of rotatable bonds is 6. The molecule has 10 nitrogen and oxygen atoms in total. The van der Waals surface area contributed by atoms with Gasteiger partial charge in [-0.15, -0.1) is 11.3 Å². The van der Waals surface area contributed by atoms with E-state index in [2.05, 4.69) is 15.3 Å². The second-order valence-electron chi connectivity index (χ2n) is 7.21. The van der Waals surface area contributed by atoms with Crippen LogP contribution in [0.3, 0.4) is 0 Å². The number of non-ortho nitro benzene ring substituents is 1. The maximum atomic E-state index is 12.5. The molecule has 0 saturated heterocycles. The maximum absolute atomic E-state index is 12.5. The van der Waals surface area contributed by atoms with Crippen LogP contribution in [-0.2, 0) is 4.79 Å². The molecular formula is C19H19N5O5S2. The molecule has 31 heavy (non-hydrogen) atoms. The van der Waals surface area contributed by atoms with E-state index in [4.69, 9.17) is 0 Å². The van der Waals surface area contributed by atoms with Gasteiger partial charge in [0.25, 0.3) is 11.2 Å². The van der Waals surface area contributed by atoms with Crippen LogP contribution in [0.2, 0.25) is 0 Å². The monoisotopic (exact) mass is 461 g/mol. The van der Waals surface area contributed by atoms with Gasteiger partial charge in [-0.1, -0.05) is 31.0 Å². The van der Waals surface area contributed by atoms with Crippen molar-refractivity contribution >= 4 is 50.7 Å². The largest absolute Gasteiger partial charge is 0.330 e. The number of thioether (sulfide) groups is 1. The number of nitrogens with zero attached hydrogens (tertiary/aromatic N) is 3. The van der Waals surface area contributed by atoms with Gasteiger partial charge in [0, 0.05) is 24.2 Å². The SMILES string of the molecule is O=C(CSc1nc2cc([N+](=O)[O-])ccc2s1)Nc1cc(=O)[nH]c(=O)n1C1CCCCC1. The topological polar surface area (TPSA) is 140 Å². The van der Waals surface area contributed by atoms with Crippen molar-refractivity contribution in [2.24, 2.45) is 0 Å². The average molecular weight is 462 g/mol. The maximum Gasteiger partial charge on any atom is 0.330 e. The number of nitro groups is 1. The van der Waals surface area contributed by atoms with Crippen LogP contribution < -0.4 is 16.6 Å². The zero-order chi connectivity index (χ0) is 22.0. The first kappa shape index (κ1) is 21.2. The van der Waals surface area contributed by atoms with Gasteiger partial charge in [0.15, 0.2) is 4.34 Å². The van der Waals surface area contributed by atoms with Crippen molar-refractivity contribution in [2.45, 2.75) is 42.5 Å². The van der Waals surface area contributed by atoms with Gasteiger partial charge in [-0.05, 0) is 18.9 Å². The zero-order valence-electron chi connectivity index (χ0n) is 16.3. The lowest BCUT2D eigenvalue weighted by Crippen LogP contribution is -2.36. The summed E-state index contributed by atoms with van der Waals surface area (Å²) >= 11 is 2.53. The lowest BCUT2D eigenvalue weighted by atomic mass is 9.95. The van der Waals surface area contributed by atoms with E-state index < -0.39 is 16.2 Å². The Morgan fingerprint density at radius 3 is 2.81 bits per heavy atom. The number of H-pyrrole nitrogens is 1. The number of carbonyl (C=O) groups is 1. The summed E-state index contributed by atoms with van der Waals surface area (Å²) in [7, 11) is 0. The molecule has 1 fully saturated rings. The van der Waals surface area contributed by atoms with Gasteiger partial charge < -0.3 is 5.32 Å². The Morgan fingerprint density at radius 2 is 2.06 bits per heavy atom. The Kier molecular flexibility index (Phi) is 6.18. The van der Waals surface area contributed by atoms with Gasteiger partial charge in [0.2, 0.25) is 5.91 Å². The first-order valence-electron chi connectivity index (χ1n) is 9.74. The number of aromatic nitrogens is 3. The molecular weight excluding hydrogens is 442 g/mol. The van der Waals surface area contributed by atoms with E-state index in [9.17, 15) is 24.5 Å². The molecule has 2 N–H and O–H groups in total. The van der Waals surface area contributed by atoms with Crippen molar-refractivity contribution in [2.75, 3.05) is 11.1 Å². The molecule has 0 unspecified atom stereocenters. The quantitative estimate of drug-likeness (QED) is 0.326. The Balaban J connectivity index is 1.48. The van der Waals surface area contributed by atoms with Crippen LogP contribution in [0, 0.1) is 10.1 Å². The van der Waals surface area contributed by atoms with Crippen LogP contribution in [0.25, 0.3) is 10.2 Å². The zero-order valence-corrected chi connectivity index (χ0v) is 18.0. The highest BCUT2D eigenvalue weighted by Crippen LogP contribution is 2.32. The molecule has 162 valence electrons. The highest BCUT2D eigenvalue weighted by atomic mass is 32.2. The Morgan fingerprint density at radius 1 is 1.29 bits per heavy atom. The Hall–Kier alpha value is -2.99. The number of hydrogen-bond acceptors (Lipinski definition) is 8. The third kappa shape index (κ3) is 4.85. The minimum absolute atomic E-state index is 0.0214. The molecule has 2 aromatic heterocycles. The number of carbonyl (C=O) groups excluding carboxylic acids is 1. The molecule has 1 aliphatic rings. The van der Waals surface area contributed by atoms with Crippen molar-refractivity contribution < 1.29 is 9.72 Å². The molecule has 0 spiro atoms. The summed E-state index contributed by atoms with van der Waals surface area (Å²) in [5.41, 5.74) is -0.618. The number of benzene rings is 1. The molecule has 2 heterocycles. The van der Waals surface area contributed by atoms with Crippen LogP contribution in [0.15, 0.2) is 38.2 Å². The third-order valence-electron chi connectivity index (χ3n) is 5.07. The smallest absolute Gasteiger partial charge is 0.311 e. The van der Waals surface area contributed by atoms with Crippen LogP contribution in [0.1, 0.15) is 38.1 Å². The second-order valence-corrected chi connectivity index (χ2v) is 9.46. The van der Waals surface area contributed by atoms with Crippen LogP contribution in [0.4, 0.5) is 11.5 Å². The molecule has 12 heteroatoms. The molecule has 4 rings (SSSR count). The second kappa shape index (κ2) is 9.02. The van der Waals surface area contributed by atoms with Gasteiger partial charge >= 0.3 is 5.69 Å². The van der Waals surface area contributed by atoms with Crippen LogP contribution >= 0.6 is 23.1 Å². The Labute approximate surface area is 183 Å². The molecule has 3 aromatic rings. The number of nitrogens with one attached hydrogen (secondary N) is 2. The van der Waals surface area contributed by atoms with Crippen molar-refractivity contribution in [3.8, 4) is 0 Å². The number of anilines is 1. The molecule has 1 saturated carbocycles. The highest BCUT2D eigenvalue weighted by Gasteiger charge is 2.21. The van der Waals surface area contributed by atoms with Crippen molar-refractivity contribution in [1.82, 2.24) is 14.5 Å². The fourth-order valence-corrected chi connectivity index (χ4v) is 5.53.